The number of hydrogen-bond acceptors (Lipinski definition) is 4. The zero-order valence-electron chi connectivity index (χ0n) is 12.0. The molecule has 0 aliphatic carbocycles. The van der Waals surface area contributed by atoms with E-state index < -0.39 is 5.60 Å². The molecule has 18 heavy (non-hydrogen) atoms. The number of rotatable bonds is 4. The van der Waals surface area contributed by atoms with Gasteiger partial charge in [0.2, 0.25) is 0 Å². The van der Waals surface area contributed by atoms with Crippen LogP contribution in [-0.2, 0) is 4.74 Å². The Bertz CT molecular complexity index is 258. The molecular formula is C13H26N2O2S. The predicted molar refractivity (Wildman–Crippen MR) is 76.7 cm³/mol. The molecule has 0 atom stereocenters. The number of ether oxygens (including phenoxy) is 1. The van der Waals surface area contributed by atoms with Crippen molar-refractivity contribution in [2.24, 2.45) is 5.92 Å². The van der Waals surface area contributed by atoms with Crippen molar-refractivity contribution in [1.82, 2.24) is 9.62 Å². The van der Waals surface area contributed by atoms with Crippen molar-refractivity contribution in [3.63, 3.8) is 0 Å². The van der Waals surface area contributed by atoms with Gasteiger partial charge in [0.25, 0.3) is 0 Å². The quantitative estimate of drug-likeness (QED) is 0.800. The molecule has 106 valence electrons. The number of hydrogen-bond donors (Lipinski definition) is 1. The summed E-state index contributed by atoms with van der Waals surface area (Å²) in [6.45, 7) is 10.8. The molecule has 1 rings (SSSR count). The molecule has 0 unspecified atom stereocenters. The average Bonchev–Trinajstić information content (AvgIpc) is 2.26. The summed E-state index contributed by atoms with van der Waals surface area (Å²) >= 11 is 1.91. The molecule has 0 aromatic heterocycles. The predicted octanol–water partition coefficient (Wildman–Crippen LogP) is 2.89. The van der Waals surface area contributed by atoms with Gasteiger partial charge in [-0.2, -0.15) is 0 Å². The van der Waals surface area contributed by atoms with Crippen LogP contribution >= 0.6 is 11.9 Å². The summed E-state index contributed by atoms with van der Waals surface area (Å²) < 4.78 is 7.64. The Balaban J connectivity index is 2.16. The van der Waals surface area contributed by atoms with E-state index in [0.29, 0.717) is 5.92 Å². The molecule has 5 heteroatoms. The van der Waals surface area contributed by atoms with E-state index >= 15 is 0 Å². The number of alkyl carbamates (subject to hydrolysis) is 1. The number of carbonyl (C=O) groups excluding carboxylic acids is 1. The minimum absolute atomic E-state index is 0.298. The van der Waals surface area contributed by atoms with E-state index in [9.17, 15) is 4.79 Å². The summed E-state index contributed by atoms with van der Waals surface area (Å²) in [5.41, 5.74) is -0.411. The lowest BCUT2D eigenvalue weighted by Gasteiger charge is -2.31. The highest BCUT2D eigenvalue weighted by Crippen LogP contribution is 2.22. The fourth-order valence-corrected chi connectivity index (χ4v) is 2.80. The van der Waals surface area contributed by atoms with Gasteiger partial charge in [-0.15, -0.1) is 0 Å². The van der Waals surface area contributed by atoms with Crippen LogP contribution in [0.25, 0.3) is 0 Å². The van der Waals surface area contributed by atoms with Crippen LogP contribution in [0.3, 0.4) is 0 Å². The van der Waals surface area contributed by atoms with E-state index in [1.807, 2.05) is 32.7 Å². The third-order valence-corrected chi connectivity index (χ3v) is 3.81. The first-order valence-corrected chi connectivity index (χ1v) is 7.69. The lowest BCUT2D eigenvalue weighted by Crippen LogP contribution is -2.38. The summed E-state index contributed by atoms with van der Waals surface area (Å²) in [6, 6.07) is 0. The normalized spacial score (nSPS) is 18.7. The second kappa shape index (κ2) is 7.24. The summed E-state index contributed by atoms with van der Waals surface area (Å²) in [5, 5.41) is 2.87. The van der Waals surface area contributed by atoms with Gasteiger partial charge in [-0.3, -0.25) is 4.31 Å². The number of carbonyl (C=O) groups is 1. The van der Waals surface area contributed by atoms with Crippen LogP contribution < -0.4 is 5.32 Å². The number of piperidine rings is 1. The van der Waals surface area contributed by atoms with Gasteiger partial charge in [0.1, 0.15) is 5.60 Å². The van der Waals surface area contributed by atoms with Crippen molar-refractivity contribution < 1.29 is 9.53 Å². The third kappa shape index (κ3) is 6.50. The Labute approximate surface area is 115 Å². The maximum atomic E-state index is 11.5. The molecule has 1 heterocycles. The monoisotopic (exact) mass is 274 g/mol. The van der Waals surface area contributed by atoms with Gasteiger partial charge in [0, 0.05) is 25.4 Å². The molecule has 0 aromatic rings. The van der Waals surface area contributed by atoms with Gasteiger partial charge in [0.05, 0.1) is 0 Å². The zero-order chi connectivity index (χ0) is 13.6. The van der Waals surface area contributed by atoms with Crippen LogP contribution in [0.4, 0.5) is 4.79 Å². The topological polar surface area (TPSA) is 41.6 Å². The number of amides is 1. The van der Waals surface area contributed by atoms with Crippen molar-refractivity contribution in [2.45, 2.75) is 46.1 Å². The summed E-state index contributed by atoms with van der Waals surface area (Å²) in [4.78, 5) is 11.5. The third-order valence-electron chi connectivity index (χ3n) is 2.82. The first-order chi connectivity index (χ1) is 8.40. The molecule has 1 saturated heterocycles. The summed E-state index contributed by atoms with van der Waals surface area (Å²) in [5.74, 6) is 1.73. The molecule has 1 aliphatic rings. The van der Waals surface area contributed by atoms with Crippen molar-refractivity contribution in [2.75, 3.05) is 25.4 Å². The molecule has 0 bridgehead atoms. The molecule has 1 aliphatic heterocycles. The molecular weight excluding hydrogens is 248 g/mol. The van der Waals surface area contributed by atoms with E-state index in [0.717, 1.165) is 38.2 Å². The van der Waals surface area contributed by atoms with Crippen LogP contribution in [0.15, 0.2) is 0 Å². The Morgan fingerprint density at radius 2 is 2.00 bits per heavy atom. The number of nitrogens with zero attached hydrogens (tertiary/aromatic N) is 1. The van der Waals surface area contributed by atoms with Crippen molar-refractivity contribution in [3.8, 4) is 0 Å². The Morgan fingerprint density at radius 3 is 2.50 bits per heavy atom. The van der Waals surface area contributed by atoms with Gasteiger partial charge in [-0.05, 0) is 39.5 Å². The minimum Gasteiger partial charge on any atom is -0.444 e. The maximum absolute atomic E-state index is 11.5. The highest BCUT2D eigenvalue weighted by molar-refractivity contribution is 7.96. The average molecular weight is 274 g/mol. The summed E-state index contributed by atoms with van der Waals surface area (Å²) in [7, 11) is 0. The van der Waals surface area contributed by atoms with E-state index in [4.69, 9.17) is 4.74 Å². The molecule has 1 N–H and O–H groups in total. The van der Waals surface area contributed by atoms with Crippen LogP contribution in [0.2, 0.25) is 0 Å². The molecule has 1 fully saturated rings. The molecule has 0 aromatic carbocycles. The maximum Gasteiger partial charge on any atom is 0.407 e. The number of nitrogens with one attached hydrogen (secondary N) is 1. The largest absolute Gasteiger partial charge is 0.444 e. The molecule has 0 saturated carbocycles. The van der Waals surface area contributed by atoms with Crippen molar-refractivity contribution >= 4 is 18.0 Å². The summed E-state index contributed by atoms with van der Waals surface area (Å²) in [6.07, 6.45) is 2.01. The van der Waals surface area contributed by atoms with Gasteiger partial charge < -0.3 is 10.1 Å². The highest BCUT2D eigenvalue weighted by Gasteiger charge is 2.21. The molecule has 0 radical (unpaired) electrons. The highest BCUT2D eigenvalue weighted by atomic mass is 32.2. The standard InChI is InChI=1S/C13H26N2O2S/c1-5-18-15-8-6-11(7-9-15)10-14-12(16)17-13(2,3)4/h11H,5-10H2,1-4H3,(H,14,16). The fraction of sp³-hybridized carbons (Fsp3) is 0.923. The van der Waals surface area contributed by atoms with E-state index in [1.165, 1.54) is 0 Å². The lowest BCUT2D eigenvalue weighted by atomic mass is 9.98. The van der Waals surface area contributed by atoms with Crippen molar-refractivity contribution in [3.05, 3.63) is 0 Å². The van der Waals surface area contributed by atoms with Crippen LogP contribution in [0.1, 0.15) is 40.5 Å². The minimum atomic E-state index is -0.411. The lowest BCUT2D eigenvalue weighted by molar-refractivity contribution is 0.0514. The molecule has 0 spiro atoms. The Morgan fingerprint density at radius 1 is 1.39 bits per heavy atom. The van der Waals surface area contributed by atoms with Crippen LogP contribution in [0, 0.1) is 5.92 Å². The fourth-order valence-electron chi connectivity index (χ4n) is 1.97. The van der Waals surface area contributed by atoms with Crippen molar-refractivity contribution in [1.29, 1.82) is 0 Å². The van der Waals surface area contributed by atoms with Gasteiger partial charge >= 0.3 is 6.09 Å². The SMILES string of the molecule is CCSN1CCC(CNC(=O)OC(C)(C)C)CC1. The molecule has 1 amide bonds. The second-order valence-electron chi connectivity index (χ2n) is 5.67. The first kappa shape index (κ1) is 15.6. The molecule has 4 nitrogen and oxygen atoms in total. The van der Waals surface area contributed by atoms with E-state index in [2.05, 4.69) is 16.5 Å². The first-order valence-electron chi connectivity index (χ1n) is 6.75. The Kier molecular flexibility index (Phi) is 6.29. The van der Waals surface area contributed by atoms with Gasteiger partial charge in [-0.25, -0.2) is 4.79 Å². The second-order valence-corrected chi connectivity index (χ2v) is 7.02. The van der Waals surface area contributed by atoms with Crippen LogP contribution in [0.5, 0.6) is 0 Å². The van der Waals surface area contributed by atoms with E-state index in [-0.39, 0.29) is 6.09 Å². The van der Waals surface area contributed by atoms with Gasteiger partial charge in [0.15, 0.2) is 0 Å². The van der Waals surface area contributed by atoms with Crippen LogP contribution in [-0.4, -0.2) is 41.4 Å². The van der Waals surface area contributed by atoms with E-state index in [1.54, 1.807) is 0 Å². The zero-order valence-corrected chi connectivity index (χ0v) is 12.8. The smallest absolute Gasteiger partial charge is 0.407 e. The van der Waals surface area contributed by atoms with Gasteiger partial charge in [-0.1, -0.05) is 18.9 Å². The Hall–Kier alpha value is -0.420.